The van der Waals surface area contributed by atoms with Crippen LogP contribution in [0.3, 0.4) is 0 Å². The van der Waals surface area contributed by atoms with E-state index >= 15 is 0 Å². The van der Waals surface area contributed by atoms with E-state index in [2.05, 4.69) is 5.32 Å². The highest BCUT2D eigenvalue weighted by atomic mass is 16.4. The third-order valence-corrected chi connectivity index (χ3v) is 3.04. The molecule has 1 aromatic carbocycles. The van der Waals surface area contributed by atoms with Gasteiger partial charge >= 0.3 is 5.97 Å². The van der Waals surface area contributed by atoms with Crippen molar-refractivity contribution in [1.82, 2.24) is 5.32 Å². The van der Waals surface area contributed by atoms with Gasteiger partial charge in [0, 0.05) is 18.2 Å². The molecular weight excluding hydrogens is 206 g/mol. The van der Waals surface area contributed by atoms with Crippen LogP contribution in [0.25, 0.3) is 0 Å². The molecule has 1 heterocycles. The minimum atomic E-state index is -0.776. The number of phenolic OH excluding ortho intramolecular Hbond substituents is 1. The summed E-state index contributed by atoms with van der Waals surface area (Å²) in [5.41, 5.74) is 1.86. The van der Waals surface area contributed by atoms with Crippen LogP contribution in [0.1, 0.15) is 23.6 Å². The summed E-state index contributed by atoms with van der Waals surface area (Å²) in [4.78, 5) is 10.8. The predicted octanol–water partition coefficient (Wildman–Crippen LogP) is 1.44. The second-order valence-electron chi connectivity index (χ2n) is 4.29. The molecule has 1 fully saturated rings. The van der Waals surface area contributed by atoms with Crippen molar-refractivity contribution in [3.05, 3.63) is 29.3 Å². The van der Waals surface area contributed by atoms with Crippen LogP contribution in [0.5, 0.6) is 5.75 Å². The Balaban J connectivity index is 2.20. The third kappa shape index (κ3) is 2.02. The third-order valence-electron chi connectivity index (χ3n) is 3.04. The number of aliphatic carboxylic acids is 1. The van der Waals surface area contributed by atoms with Gasteiger partial charge in [-0.15, -0.1) is 0 Å². The van der Waals surface area contributed by atoms with Crippen LogP contribution in [0.4, 0.5) is 0 Å². The SMILES string of the molecule is Cc1ccc(O)c(C2CC(C(=O)O)CN2)c1. The van der Waals surface area contributed by atoms with Gasteiger partial charge in [0.05, 0.1) is 5.92 Å². The molecule has 4 heteroatoms. The largest absolute Gasteiger partial charge is 0.508 e. The normalized spacial score (nSPS) is 24.6. The molecule has 2 atom stereocenters. The van der Waals surface area contributed by atoms with Crippen LogP contribution in [0.2, 0.25) is 0 Å². The maximum atomic E-state index is 10.8. The number of phenols is 1. The number of nitrogens with one attached hydrogen (secondary N) is 1. The fourth-order valence-electron chi connectivity index (χ4n) is 2.11. The summed E-state index contributed by atoms with van der Waals surface area (Å²) in [6.07, 6.45) is 0.534. The molecule has 0 spiro atoms. The molecule has 1 aliphatic heterocycles. The molecule has 3 N–H and O–H groups in total. The van der Waals surface area contributed by atoms with Crippen molar-refractivity contribution in [2.24, 2.45) is 5.92 Å². The molecule has 16 heavy (non-hydrogen) atoms. The minimum Gasteiger partial charge on any atom is -0.508 e. The molecule has 1 saturated heterocycles. The first-order valence-electron chi connectivity index (χ1n) is 5.33. The van der Waals surface area contributed by atoms with Crippen LogP contribution in [0.15, 0.2) is 18.2 Å². The quantitative estimate of drug-likeness (QED) is 0.706. The van der Waals surface area contributed by atoms with Crippen LogP contribution in [-0.2, 0) is 4.79 Å². The maximum absolute atomic E-state index is 10.8. The Morgan fingerprint density at radius 3 is 2.88 bits per heavy atom. The van der Waals surface area contributed by atoms with Crippen molar-refractivity contribution in [1.29, 1.82) is 0 Å². The number of benzene rings is 1. The van der Waals surface area contributed by atoms with Gasteiger partial charge in [0.25, 0.3) is 0 Å². The standard InChI is InChI=1S/C12H15NO3/c1-7-2-3-11(14)9(4-7)10-5-8(6-13-10)12(15)16/h2-4,8,10,13-14H,5-6H2,1H3,(H,15,16). The molecule has 1 aromatic rings. The lowest BCUT2D eigenvalue weighted by molar-refractivity contribution is -0.141. The summed E-state index contributed by atoms with van der Waals surface area (Å²) >= 11 is 0. The Hall–Kier alpha value is -1.55. The average molecular weight is 221 g/mol. The van der Waals surface area contributed by atoms with Gasteiger partial charge in [0.1, 0.15) is 5.75 Å². The maximum Gasteiger partial charge on any atom is 0.307 e. The zero-order valence-corrected chi connectivity index (χ0v) is 9.10. The van der Waals surface area contributed by atoms with Crippen molar-refractivity contribution >= 4 is 5.97 Å². The molecule has 0 amide bonds. The van der Waals surface area contributed by atoms with Gasteiger partial charge in [0.15, 0.2) is 0 Å². The highest BCUT2D eigenvalue weighted by molar-refractivity contribution is 5.71. The van der Waals surface area contributed by atoms with E-state index in [0.717, 1.165) is 11.1 Å². The van der Waals surface area contributed by atoms with E-state index in [-0.39, 0.29) is 17.7 Å². The molecule has 0 bridgehead atoms. The van der Waals surface area contributed by atoms with Gasteiger partial charge < -0.3 is 15.5 Å². The number of aryl methyl sites for hydroxylation is 1. The van der Waals surface area contributed by atoms with Crippen LogP contribution in [0, 0.1) is 12.8 Å². The number of carboxylic acids is 1. The Morgan fingerprint density at radius 1 is 1.50 bits per heavy atom. The number of hydrogen-bond donors (Lipinski definition) is 3. The van der Waals surface area contributed by atoms with Gasteiger partial charge in [0.2, 0.25) is 0 Å². The van der Waals surface area contributed by atoms with Crippen LogP contribution >= 0.6 is 0 Å². The van der Waals surface area contributed by atoms with E-state index in [9.17, 15) is 9.90 Å². The molecular formula is C12H15NO3. The van der Waals surface area contributed by atoms with Gasteiger partial charge in [-0.1, -0.05) is 17.7 Å². The summed E-state index contributed by atoms with van der Waals surface area (Å²) in [6.45, 7) is 2.42. The van der Waals surface area contributed by atoms with Crippen molar-refractivity contribution in [3.63, 3.8) is 0 Å². The molecule has 0 aliphatic carbocycles. The van der Waals surface area contributed by atoms with Crippen molar-refractivity contribution in [3.8, 4) is 5.75 Å². The predicted molar refractivity (Wildman–Crippen MR) is 59.3 cm³/mol. The minimum absolute atomic E-state index is 0.0546. The van der Waals surface area contributed by atoms with E-state index in [1.54, 1.807) is 6.07 Å². The Kier molecular flexibility index (Phi) is 2.83. The molecule has 2 rings (SSSR count). The Morgan fingerprint density at radius 2 is 2.25 bits per heavy atom. The number of hydrogen-bond acceptors (Lipinski definition) is 3. The van der Waals surface area contributed by atoms with E-state index in [4.69, 9.17) is 5.11 Å². The number of rotatable bonds is 2. The zero-order valence-electron chi connectivity index (χ0n) is 9.10. The lowest BCUT2D eigenvalue weighted by Gasteiger charge is -2.13. The molecule has 0 aromatic heterocycles. The van der Waals surface area contributed by atoms with E-state index < -0.39 is 5.97 Å². The second kappa shape index (κ2) is 4.14. The highest BCUT2D eigenvalue weighted by Crippen LogP contribution is 2.33. The number of carbonyl (C=O) groups is 1. The summed E-state index contributed by atoms with van der Waals surface area (Å²) in [5.74, 6) is -0.902. The average Bonchev–Trinajstić information content (AvgIpc) is 2.70. The van der Waals surface area contributed by atoms with Crippen molar-refractivity contribution < 1.29 is 15.0 Å². The van der Waals surface area contributed by atoms with Crippen molar-refractivity contribution in [2.75, 3.05) is 6.54 Å². The first-order chi connectivity index (χ1) is 7.58. The first kappa shape index (κ1) is 11.0. The fourth-order valence-corrected chi connectivity index (χ4v) is 2.11. The van der Waals surface area contributed by atoms with Crippen LogP contribution in [-0.4, -0.2) is 22.7 Å². The number of aromatic hydroxyl groups is 1. The summed E-state index contributed by atoms with van der Waals surface area (Å²) in [5, 5.41) is 21.8. The monoisotopic (exact) mass is 221 g/mol. The molecule has 4 nitrogen and oxygen atoms in total. The van der Waals surface area contributed by atoms with Gasteiger partial charge in [-0.25, -0.2) is 0 Å². The second-order valence-corrected chi connectivity index (χ2v) is 4.29. The molecule has 0 saturated carbocycles. The summed E-state index contributed by atoms with van der Waals surface area (Å²) in [7, 11) is 0. The lowest BCUT2D eigenvalue weighted by atomic mass is 9.98. The summed E-state index contributed by atoms with van der Waals surface area (Å²) in [6, 6.07) is 5.33. The first-order valence-corrected chi connectivity index (χ1v) is 5.33. The molecule has 0 radical (unpaired) electrons. The molecule has 86 valence electrons. The number of carboxylic acid groups (broad SMARTS) is 1. The van der Waals surface area contributed by atoms with Gasteiger partial charge in [-0.2, -0.15) is 0 Å². The van der Waals surface area contributed by atoms with E-state index in [1.807, 2.05) is 19.1 Å². The lowest BCUT2D eigenvalue weighted by Crippen LogP contribution is -2.17. The fraction of sp³-hybridized carbons (Fsp3) is 0.417. The van der Waals surface area contributed by atoms with Gasteiger partial charge in [-0.3, -0.25) is 4.79 Å². The smallest absolute Gasteiger partial charge is 0.307 e. The van der Waals surface area contributed by atoms with Crippen molar-refractivity contribution in [2.45, 2.75) is 19.4 Å². The molecule has 1 aliphatic rings. The van der Waals surface area contributed by atoms with E-state index in [1.165, 1.54) is 0 Å². The highest BCUT2D eigenvalue weighted by Gasteiger charge is 2.31. The Labute approximate surface area is 93.9 Å². The van der Waals surface area contributed by atoms with Crippen LogP contribution < -0.4 is 5.32 Å². The summed E-state index contributed by atoms with van der Waals surface area (Å²) < 4.78 is 0. The van der Waals surface area contributed by atoms with E-state index in [0.29, 0.717) is 13.0 Å². The topological polar surface area (TPSA) is 69.6 Å². The van der Waals surface area contributed by atoms with Gasteiger partial charge in [-0.05, 0) is 19.4 Å². The Bertz CT molecular complexity index is 417. The zero-order chi connectivity index (χ0) is 11.7. The molecule has 2 unspecified atom stereocenters.